The van der Waals surface area contributed by atoms with Crippen molar-refractivity contribution in [3.05, 3.63) is 53.6 Å². The molecule has 190 valence electrons. The molecular weight excluding hydrogens is 464 g/mol. The van der Waals surface area contributed by atoms with E-state index < -0.39 is 33.7 Å². The molecule has 0 saturated heterocycles. The standard InChI is InChI=1S/C28H36O6S/c1-17-12-13-22-23(27(22,5)6)15-18(2)26(30)28(33-20(4)29)16-19(3)25(24(28)14-17)34-35(31,32)21-10-8-7-9-11-21/h7-11,14-15,19,22-25H,12-13,16H2,1-6H3/b17-14-,18-15+/t19-,22-,23+,24-,25-,28+/m0/s1. The van der Waals surface area contributed by atoms with E-state index in [1.807, 2.05) is 26.0 Å². The van der Waals surface area contributed by atoms with E-state index in [1.54, 1.807) is 25.1 Å². The third kappa shape index (κ3) is 4.65. The number of carbonyl (C=O) groups excluding carboxylic acids is 2. The van der Waals surface area contributed by atoms with Gasteiger partial charge in [0.15, 0.2) is 5.60 Å². The summed E-state index contributed by atoms with van der Waals surface area (Å²) in [6.45, 7) is 11.4. The average molecular weight is 501 g/mol. The second kappa shape index (κ2) is 9.00. The van der Waals surface area contributed by atoms with Crippen LogP contribution in [0.5, 0.6) is 0 Å². The van der Waals surface area contributed by atoms with E-state index in [9.17, 15) is 18.0 Å². The highest BCUT2D eigenvalue weighted by Crippen LogP contribution is 2.62. The first-order valence-electron chi connectivity index (χ1n) is 12.4. The second-order valence-corrected chi connectivity index (χ2v) is 12.8. The first-order valence-corrected chi connectivity index (χ1v) is 13.8. The molecule has 3 aliphatic carbocycles. The van der Waals surface area contributed by atoms with Crippen LogP contribution in [0.1, 0.15) is 60.8 Å². The molecule has 4 rings (SSSR count). The Balaban J connectivity index is 1.81. The van der Waals surface area contributed by atoms with Crippen molar-refractivity contribution in [1.82, 2.24) is 0 Å². The summed E-state index contributed by atoms with van der Waals surface area (Å²) in [6, 6.07) is 7.98. The number of hydrogen-bond acceptors (Lipinski definition) is 6. The SMILES string of the molecule is CC(=O)O[C@]12C[C@H](C)[C@H](OS(=O)(=O)c3ccccc3)[C@@H]1/C=C(/C)CC[C@H]1[C@@H](/C=C(\C)C2=O)C1(C)C. The van der Waals surface area contributed by atoms with Crippen LogP contribution < -0.4 is 0 Å². The fourth-order valence-electron chi connectivity index (χ4n) is 6.30. The lowest BCUT2D eigenvalue weighted by Gasteiger charge is -2.34. The number of fused-ring (bicyclic) bond motifs is 2. The zero-order valence-electron chi connectivity index (χ0n) is 21.4. The molecule has 1 aromatic rings. The molecule has 0 aliphatic heterocycles. The third-order valence-electron chi connectivity index (χ3n) is 8.30. The molecule has 2 saturated carbocycles. The summed E-state index contributed by atoms with van der Waals surface area (Å²) in [4.78, 5) is 26.4. The van der Waals surface area contributed by atoms with Gasteiger partial charge in [-0.15, -0.1) is 0 Å². The maximum Gasteiger partial charge on any atom is 0.303 e. The minimum atomic E-state index is -4.09. The molecule has 0 spiro atoms. The molecule has 0 radical (unpaired) electrons. The summed E-state index contributed by atoms with van der Waals surface area (Å²) in [5.74, 6) is -1.14. The van der Waals surface area contributed by atoms with E-state index >= 15 is 0 Å². The van der Waals surface area contributed by atoms with Gasteiger partial charge < -0.3 is 4.74 Å². The number of allylic oxidation sites excluding steroid dienone is 2. The second-order valence-electron chi connectivity index (χ2n) is 11.2. The van der Waals surface area contributed by atoms with Crippen molar-refractivity contribution in [2.75, 3.05) is 0 Å². The zero-order valence-corrected chi connectivity index (χ0v) is 22.2. The average Bonchev–Trinajstić information content (AvgIpc) is 3.20. The third-order valence-corrected chi connectivity index (χ3v) is 9.62. The molecule has 35 heavy (non-hydrogen) atoms. The van der Waals surface area contributed by atoms with Crippen LogP contribution in [0.15, 0.2) is 58.5 Å². The molecule has 0 unspecified atom stereocenters. The predicted molar refractivity (Wildman–Crippen MR) is 133 cm³/mol. The van der Waals surface area contributed by atoms with Crippen molar-refractivity contribution in [3.8, 4) is 0 Å². The Kier molecular flexibility index (Phi) is 6.64. The number of esters is 1. The van der Waals surface area contributed by atoms with Crippen molar-refractivity contribution in [1.29, 1.82) is 0 Å². The van der Waals surface area contributed by atoms with E-state index in [4.69, 9.17) is 8.92 Å². The fraction of sp³-hybridized carbons (Fsp3) is 0.571. The van der Waals surface area contributed by atoms with Gasteiger partial charge in [0.1, 0.15) is 0 Å². The molecule has 0 aromatic heterocycles. The Morgan fingerprint density at radius 1 is 1.06 bits per heavy atom. The van der Waals surface area contributed by atoms with Gasteiger partial charge in [-0.2, -0.15) is 8.42 Å². The van der Waals surface area contributed by atoms with Gasteiger partial charge in [-0.3, -0.25) is 13.8 Å². The topological polar surface area (TPSA) is 86.7 Å². The Bertz CT molecular complexity index is 1180. The summed E-state index contributed by atoms with van der Waals surface area (Å²) in [5, 5.41) is 0. The summed E-state index contributed by atoms with van der Waals surface area (Å²) in [6.07, 6.45) is 5.11. The first-order chi connectivity index (χ1) is 16.3. The highest BCUT2D eigenvalue weighted by molar-refractivity contribution is 7.86. The monoisotopic (exact) mass is 500 g/mol. The summed E-state index contributed by atoms with van der Waals surface area (Å²) in [5.41, 5.74) is 0.208. The molecule has 6 nitrogen and oxygen atoms in total. The number of rotatable bonds is 4. The molecule has 0 heterocycles. The van der Waals surface area contributed by atoms with Gasteiger partial charge in [0, 0.05) is 13.3 Å². The van der Waals surface area contributed by atoms with Gasteiger partial charge >= 0.3 is 5.97 Å². The summed E-state index contributed by atoms with van der Waals surface area (Å²) in [7, 11) is -4.09. The summed E-state index contributed by atoms with van der Waals surface area (Å²) >= 11 is 0. The van der Waals surface area contributed by atoms with Crippen LogP contribution >= 0.6 is 0 Å². The van der Waals surface area contributed by atoms with E-state index in [0.29, 0.717) is 11.5 Å². The normalized spacial score (nSPS) is 37.5. The highest BCUT2D eigenvalue weighted by Gasteiger charge is 2.61. The summed E-state index contributed by atoms with van der Waals surface area (Å²) < 4.78 is 38.0. The van der Waals surface area contributed by atoms with Crippen molar-refractivity contribution in [2.24, 2.45) is 29.1 Å². The molecule has 3 aliphatic rings. The van der Waals surface area contributed by atoms with Crippen molar-refractivity contribution in [3.63, 3.8) is 0 Å². The maximum atomic E-state index is 14.0. The lowest BCUT2D eigenvalue weighted by Crippen LogP contribution is -2.48. The number of hydrogen-bond donors (Lipinski definition) is 0. The minimum Gasteiger partial charge on any atom is -0.450 e. The zero-order chi connectivity index (χ0) is 25.8. The van der Waals surface area contributed by atoms with Gasteiger partial charge in [-0.05, 0) is 67.6 Å². The molecule has 6 atom stereocenters. The number of Topliss-reactive ketones (excluding diaryl/α,β-unsaturated/α-hetero) is 1. The fourth-order valence-corrected chi connectivity index (χ4v) is 7.50. The van der Waals surface area contributed by atoms with Crippen molar-refractivity contribution in [2.45, 2.75) is 77.4 Å². The smallest absolute Gasteiger partial charge is 0.303 e. The van der Waals surface area contributed by atoms with Gasteiger partial charge in [-0.25, -0.2) is 0 Å². The molecule has 0 amide bonds. The first kappa shape index (κ1) is 25.8. The maximum absolute atomic E-state index is 14.0. The Morgan fingerprint density at radius 2 is 1.71 bits per heavy atom. The largest absolute Gasteiger partial charge is 0.450 e. The van der Waals surface area contributed by atoms with E-state index in [1.165, 1.54) is 19.1 Å². The van der Waals surface area contributed by atoms with E-state index in [0.717, 1.165) is 18.4 Å². The highest BCUT2D eigenvalue weighted by atomic mass is 32.2. The molecule has 0 bridgehead atoms. The quantitative estimate of drug-likeness (QED) is 0.319. The van der Waals surface area contributed by atoms with Crippen LogP contribution in [0.2, 0.25) is 0 Å². The van der Waals surface area contributed by atoms with E-state index in [-0.39, 0.29) is 34.4 Å². The minimum absolute atomic E-state index is 0.0549. The number of ketones is 1. The van der Waals surface area contributed by atoms with Crippen molar-refractivity contribution < 1.29 is 26.9 Å². The molecular formula is C28H36O6S. The van der Waals surface area contributed by atoms with Gasteiger partial charge in [0.25, 0.3) is 10.1 Å². The van der Waals surface area contributed by atoms with Crippen molar-refractivity contribution >= 4 is 21.9 Å². The van der Waals surface area contributed by atoms with Crippen LogP contribution in [0.25, 0.3) is 0 Å². The number of carbonyl (C=O) groups is 2. The molecule has 2 fully saturated rings. The number of ether oxygens (including phenoxy) is 1. The molecule has 0 N–H and O–H groups in total. The van der Waals surface area contributed by atoms with Gasteiger partial charge in [-0.1, -0.05) is 56.7 Å². The van der Waals surface area contributed by atoms with Crippen LogP contribution in [0.4, 0.5) is 0 Å². The predicted octanol–water partition coefficient (Wildman–Crippen LogP) is 5.25. The van der Waals surface area contributed by atoms with Crippen LogP contribution in [-0.2, 0) is 28.6 Å². The van der Waals surface area contributed by atoms with E-state index in [2.05, 4.69) is 13.8 Å². The van der Waals surface area contributed by atoms with Crippen LogP contribution in [-0.4, -0.2) is 31.9 Å². The Morgan fingerprint density at radius 3 is 2.34 bits per heavy atom. The Hall–Kier alpha value is -2.25. The molecule has 1 aromatic carbocycles. The number of benzene rings is 1. The lowest BCUT2D eigenvalue weighted by molar-refractivity contribution is -0.167. The van der Waals surface area contributed by atoms with Crippen LogP contribution in [0.3, 0.4) is 0 Å². The van der Waals surface area contributed by atoms with Crippen LogP contribution in [0, 0.1) is 29.1 Å². The Labute approximate surface area is 208 Å². The van der Waals surface area contributed by atoms with Gasteiger partial charge in [0.2, 0.25) is 5.78 Å². The lowest BCUT2D eigenvalue weighted by atomic mass is 9.81. The van der Waals surface area contributed by atoms with Gasteiger partial charge in [0.05, 0.1) is 16.9 Å². The molecule has 7 heteroatoms.